The molecule has 0 saturated heterocycles. The van der Waals surface area contributed by atoms with Crippen molar-refractivity contribution in [2.24, 2.45) is 0 Å². The van der Waals surface area contributed by atoms with Crippen molar-refractivity contribution in [3.8, 4) is 5.75 Å². The molecular formula is C32H40BrN3O3. The van der Waals surface area contributed by atoms with Gasteiger partial charge in [0.05, 0.1) is 13.7 Å². The summed E-state index contributed by atoms with van der Waals surface area (Å²) in [5, 5.41) is 0. The lowest BCUT2D eigenvalue weighted by atomic mass is 9.94. The van der Waals surface area contributed by atoms with Crippen molar-refractivity contribution in [3.05, 3.63) is 88.2 Å². The second-order valence-electron chi connectivity index (χ2n) is 10.5. The van der Waals surface area contributed by atoms with Crippen LogP contribution in [0.4, 0.5) is 0 Å². The van der Waals surface area contributed by atoms with Crippen LogP contribution in [0, 0.1) is 0 Å². The van der Waals surface area contributed by atoms with Crippen LogP contribution in [0.2, 0.25) is 0 Å². The van der Waals surface area contributed by atoms with E-state index in [1.54, 1.807) is 36.3 Å². The van der Waals surface area contributed by atoms with E-state index in [1.165, 1.54) is 12.0 Å². The smallest absolute Gasteiger partial charge is 0.254 e. The topological polar surface area (TPSA) is 54.8 Å². The van der Waals surface area contributed by atoms with Gasteiger partial charge in [-0.3, -0.25) is 9.59 Å². The number of rotatable bonds is 11. The van der Waals surface area contributed by atoms with Gasteiger partial charge in [0.2, 0.25) is 5.91 Å². The molecule has 0 unspecified atom stereocenters. The third-order valence-corrected chi connectivity index (χ3v) is 8.41. The summed E-state index contributed by atoms with van der Waals surface area (Å²) in [5.74, 6) is 0.593. The van der Waals surface area contributed by atoms with Gasteiger partial charge in [-0.1, -0.05) is 54.2 Å². The lowest BCUT2D eigenvalue weighted by Crippen LogP contribution is -2.49. The van der Waals surface area contributed by atoms with Crippen LogP contribution in [0.25, 0.3) is 0 Å². The van der Waals surface area contributed by atoms with Crippen molar-refractivity contribution in [2.45, 2.75) is 77.5 Å². The van der Waals surface area contributed by atoms with Crippen LogP contribution in [-0.4, -0.2) is 51.9 Å². The standard InChI is InChI=1S/C32H40BrN3O3/c1-4-24(2)35(32(38)26-14-18-30(39-3)19-15-26)23-31(37)36(28-9-6-5-7-10-28)22-29-11-8-20-34(29)21-25-12-16-27(33)17-13-25/h8,11-20,24,28H,4-7,9-10,21-23H2,1-3H3/t24-/m1/s1. The third-order valence-electron chi connectivity index (χ3n) is 7.88. The fourth-order valence-electron chi connectivity index (χ4n) is 5.31. The number of carbonyl (C=O) groups is 2. The molecule has 2 amide bonds. The van der Waals surface area contributed by atoms with Crippen LogP contribution in [0.1, 0.15) is 74.0 Å². The van der Waals surface area contributed by atoms with Gasteiger partial charge in [-0.2, -0.15) is 0 Å². The summed E-state index contributed by atoms with van der Waals surface area (Å²) < 4.78 is 8.54. The number of methoxy groups -OCH3 is 1. The van der Waals surface area contributed by atoms with Crippen LogP contribution in [0.3, 0.4) is 0 Å². The summed E-state index contributed by atoms with van der Waals surface area (Å²) in [6, 6.07) is 19.8. The molecule has 4 rings (SSSR count). The molecule has 1 aromatic heterocycles. The number of ether oxygens (including phenoxy) is 1. The molecule has 6 nitrogen and oxygen atoms in total. The first-order valence-corrected chi connectivity index (χ1v) is 14.8. The molecule has 1 atom stereocenters. The Hall–Kier alpha value is -3.06. The van der Waals surface area contributed by atoms with Crippen molar-refractivity contribution in [2.75, 3.05) is 13.7 Å². The number of aromatic nitrogens is 1. The summed E-state index contributed by atoms with van der Waals surface area (Å²) in [6.45, 7) is 5.43. The molecule has 7 heteroatoms. The number of hydrogen-bond donors (Lipinski definition) is 0. The first-order chi connectivity index (χ1) is 18.9. The molecule has 3 aromatic rings. The van der Waals surface area contributed by atoms with Gasteiger partial charge in [0, 0.05) is 40.6 Å². The molecular weight excluding hydrogens is 554 g/mol. The van der Waals surface area contributed by atoms with Crippen LogP contribution in [0.15, 0.2) is 71.3 Å². The SMILES string of the molecule is CC[C@@H](C)N(CC(=O)N(Cc1cccn1Cc1ccc(Br)cc1)C1CCCCC1)C(=O)c1ccc(OC)cc1. The number of nitrogens with zero attached hydrogens (tertiary/aromatic N) is 3. The summed E-state index contributed by atoms with van der Waals surface area (Å²) in [5.41, 5.74) is 2.88. The monoisotopic (exact) mass is 593 g/mol. The minimum atomic E-state index is -0.123. The van der Waals surface area contributed by atoms with E-state index in [2.05, 4.69) is 70.0 Å². The fraction of sp³-hybridized carbons (Fsp3) is 0.438. The predicted octanol–water partition coefficient (Wildman–Crippen LogP) is 6.91. The van der Waals surface area contributed by atoms with Gasteiger partial charge in [0.1, 0.15) is 12.3 Å². The average Bonchev–Trinajstić information content (AvgIpc) is 3.41. The van der Waals surface area contributed by atoms with Crippen LogP contribution in [0.5, 0.6) is 5.75 Å². The van der Waals surface area contributed by atoms with Crippen LogP contribution < -0.4 is 4.74 Å². The molecule has 1 aliphatic rings. The van der Waals surface area contributed by atoms with Crippen molar-refractivity contribution in [1.29, 1.82) is 0 Å². The van der Waals surface area contributed by atoms with Gasteiger partial charge in [-0.15, -0.1) is 0 Å². The molecule has 0 aliphatic heterocycles. The van der Waals surface area contributed by atoms with Crippen LogP contribution >= 0.6 is 15.9 Å². The third kappa shape index (κ3) is 7.53. The first kappa shape index (κ1) is 28.9. The van der Waals surface area contributed by atoms with Crippen molar-refractivity contribution in [1.82, 2.24) is 14.4 Å². The lowest BCUT2D eigenvalue weighted by molar-refractivity contribution is -0.136. The number of amides is 2. The normalized spacial score (nSPS) is 14.6. The highest BCUT2D eigenvalue weighted by atomic mass is 79.9. The van der Waals surface area contributed by atoms with E-state index < -0.39 is 0 Å². The van der Waals surface area contributed by atoms with Gasteiger partial charge < -0.3 is 19.1 Å². The number of carbonyl (C=O) groups excluding carboxylic acids is 2. The zero-order valence-corrected chi connectivity index (χ0v) is 24.9. The average molecular weight is 595 g/mol. The molecule has 0 radical (unpaired) electrons. The van der Waals surface area contributed by atoms with E-state index in [0.717, 1.165) is 48.8 Å². The maximum absolute atomic E-state index is 14.0. The highest BCUT2D eigenvalue weighted by Gasteiger charge is 2.30. The highest BCUT2D eigenvalue weighted by Crippen LogP contribution is 2.26. The summed E-state index contributed by atoms with van der Waals surface area (Å²) >= 11 is 3.51. The summed E-state index contributed by atoms with van der Waals surface area (Å²) in [7, 11) is 1.61. The predicted molar refractivity (Wildman–Crippen MR) is 159 cm³/mol. The maximum atomic E-state index is 14.0. The Morgan fingerprint density at radius 3 is 2.36 bits per heavy atom. The zero-order chi connectivity index (χ0) is 27.8. The molecule has 39 heavy (non-hydrogen) atoms. The van der Waals surface area contributed by atoms with Gasteiger partial charge >= 0.3 is 0 Å². The summed E-state index contributed by atoms with van der Waals surface area (Å²) in [4.78, 5) is 31.4. The fourth-order valence-corrected chi connectivity index (χ4v) is 5.57. The van der Waals surface area contributed by atoms with E-state index in [9.17, 15) is 9.59 Å². The number of halogens is 1. The minimum absolute atomic E-state index is 0.0143. The van der Waals surface area contributed by atoms with E-state index >= 15 is 0 Å². The molecule has 0 bridgehead atoms. The molecule has 0 N–H and O–H groups in total. The molecule has 1 heterocycles. The van der Waals surface area contributed by atoms with E-state index in [1.807, 2.05) is 11.8 Å². The number of hydrogen-bond acceptors (Lipinski definition) is 3. The van der Waals surface area contributed by atoms with Gasteiger partial charge in [0.15, 0.2) is 0 Å². The second-order valence-corrected chi connectivity index (χ2v) is 11.4. The molecule has 1 aliphatic carbocycles. The second kappa shape index (κ2) is 13.8. The highest BCUT2D eigenvalue weighted by molar-refractivity contribution is 9.10. The maximum Gasteiger partial charge on any atom is 0.254 e. The zero-order valence-electron chi connectivity index (χ0n) is 23.3. The Labute approximate surface area is 241 Å². The molecule has 1 fully saturated rings. The summed E-state index contributed by atoms with van der Waals surface area (Å²) in [6.07, 6.45) is 8.36. The Morgan fingerprint density at radius 2 is 1.72 bits per heavy atom. The quantitative estimate of drug-likeness (QED) is 0.243. The Morgan fingerprint density at radius 1 is 1.03 bits per heavy atom. The van der Waals surface area contributed by atoms with Gasteiger partial charge in [0.25, 0.3) is 5.91 Å². The molecule has 208 valence electrons. The Bertz CT molecular complexity index is 1220. The Kier molecular flexibility index (Phi) is 10.3. The molecule has 0 spiro atoms. The molecule has 2 aromatic carbocycles. The van der Waals surface area contributed by atoms with Crippen molar-refractivity contribution >= 4 is 27.7 Å². The van der Waals surface area contributed by atoms with E-state index in [0.29, 0.717) is 17.9 Å². The van der Waals surface area contributed by atoms with Gasteiger partial charge in [-0.25, -0.2) is 0 Å². The first-order valence-electron chi connectivity index (χ1n) is 14.0. The van der Waals surface area contributed by atoms with E-state index in [4.69, 9.17) is 4.74 Å². The van der Waals surface area contributed by atoms with Gasteiger partial charge in [-0.05, 0) is 80.3 Å². The molecule has 1 saturated carbocycles. The van der Waals surface area contributed by atoms with Crippen molar-refractivity contribution in [3.63, 3.8) is 0 Å². The number of benzene rings is 2. The van der Waals surface area contributed by atoms with E-state index in [-0.39, 0.29) is 30.4 Å². The van der Waals surface area contributed by atoms with Crippen LogP contribution in [-0.2, 0) is 17.9 Å². The largest absolute Gasteiger partial charge is 0.497 e. The van der Waals surface area contributed by atoms with Crippen molar-refractivity contribution < 1.29 is 14.3 Å². The lowest BCUT2D eigenvalue weighted by Gasteiger charge is -2.37. The Balaban J connectivity index is 1.55. The minimum Gasteiger partial charge on any atom is -0.497 e.